The standard InChI is InChI=1S/C14H18BrFN2O/c1-17-6-3-7-18(2)13(9-17)14(19)11-8-10(15)4-5-12(11)16/h4-5,8,13H,3,6-7,9H2,1-2H3. The maximum Gasteiger partial charge on any atom is 0.184 e. The molecule has 0 aromatic heterocycles. The van der Waals surface area contributed by atoms with Crippen molar-refractivity contribution in [3.8, 4) is 0 Å². The van der Waals surface area contributed by atoms with E-state index in [0.29, 0.717) is 6.54 Å². The summed E-state index contributed by atoms with van der Waals surface area (Å²) in [6.45, 7) is 2.47. The minimum absolute atomic E-state index is 0.143. The number of carbonyl (C=O) groups excluding carboxylic acids is 1. The van der Waals surface area contributed by atoms with Crippen LogP contribution in [0.5, 0.6) is 0 Å². The van der Waals surface area contributed by atoms with Crippen molar-refractivity contribution in [2.24, 2.45) is 0 Å². The molecule has 1 aromatic carbocycles. The second-order valence-electron chi connectivity index (χ2n) is 5.10. The fraction of sp³-hybridized carbons (Fsp3) is 0.500. The van der Waals surface area contributed by atoms with Gasteiger partial charge in [0.25, 0.3) is 0 Å². The van der Waals surface area contributed by atoms with Gasteiger partial charge in [0.2, 0.25) is 0 Å². The van der Waals surface area contributed by atoms with Crippen LogP contribution in [0, 0.1) is 5.82 Å². The maximum atomic E-state index is 13.8. The first-order valence-electron chi connectivity index (χ1n) is 6.37. The van der Waals surface area contributed by atoms with Crippen LogP contribution in [-0.2, 0) is 0 Å². The highest BCUT2D eigenvalue weighted by molar-refractivity contribution is 9.10. The van der Waals surface area contributed by atoms with Crippen molar-refractivity contribution in [3.05, 3.63) is 34.1 Å². The Morgan fingerprint density at radius 3 is 2.84 bits per heavy atom. The Hall–Kier alpha value is -0.780. The molecule has 0 radical (unpaired) electrons. The molecule has 0 spiro atoms. The van der Waals surface area contributed by atoms with Crippen molar-refractivity contribution < 1.29 is 9.18 Å². The highest BCUT2D eigenvalue weighted by atomic mass is 79.9. The van der Waals surface area contributed by atoms with Gasteiger partial charge in [-0.1, -0.05) is 15.9 Å². The fourth-order valence-corrected chi connectivity index (χ4v) is 2.78. The zero-order chi connectivity index (χ0) is 14.0. The van der Waals surface area contributed by atoms with E-state index >= 15 is 0 Å². The molecule has 1 unspecified atom stereocenters. The van der Waals surface area contributed by atoms with E-state index in [1.54, 1.807) is 12.1 Å². The Labute approximate surface area is 121 Å². The Morgan fingerprint density at radius 2 is 2.11 bits per heavy atom. The van der Waals surface area contributed by atoms with E-state index in [9.17, 15) is 9.18 Å². The highest BCUT2D eigenvalue weighted by Crippen LogP contribution is 2.19. The Bertz CT molecular complexity index is 481. The van der Waals surface area contributed by atoms with Gasteiger partial charge >= 0.3 is 0 Å². The summed E-state index contributed by atoms with van der Waals surface area (Å²) in [7, 11) is 3.92. The van der Waals surface area contributed by atoms with Crippen molar-refractivity contribution in [3.63, 3.8) is 0 Å². The van der Waals surface area contributed by atoms with Crippen LogP contribution in [0.1, 0.15) is 16.8 Å². The number of hydrogen-bond donors (Lipinski definition) is 0. The van der Waals surface area contributed by atoms with Gasteiger partial charge in [-0.2, -0.15) is 0 Å². The van der Waals surface area contributed by atoms with Gasteiger partial charge in [0.1, 0.15) is 5.82 Å². The Morgan fingerprint density at radius 1 is 1.37 bits per heavy atom. The molecule has 1 heterocycles. The summed E-state index contributed by atoms with van der Waals surface area (Å²) in [5.41, 5.74) is 0.168. The molecule has 1 fully saturated rings. The molecule has 0 aliphatic carbocycles. The zero-order valence-electron chi connectivity index (χ0n) is 11.2. The molecule has 1 aliphatic rings. The number of carbonyl (C=O) groups is 1. The number of nitrogens with zero attached hydrogens (tertiary/aromatic N) is 2. The van der Waals surface area contributed by atoms with Crippen LogP contribution in [0.2, 0.25) is 0 Å². The van der Waals surface area contributed by atoms with Gasteiger partial charge in [0.15, 0.2) is 5.78 Å². The number of ketones is 1. The molecule has 0 amide bonds. The molecule has 5 heteroatoms. The second kappa shape index (κ2) is 6.11. The van der Waals surface area contributed by atoms with E-state index in [4.69, 9.17) is 0 Å². The van der Waals surface area contributed by atoms with Gasteiger partial charge in [-0.3, -0.25) is 9.69 Å². The average molecular weight is 329 g/mol. The van der Waals surface area contributed by atoms with Gasteiger partial charge in [0, 0.05) is 11.0 Å². The van der Waals surface area contributed by atoms with E-state index in [1.165, 1.54) is 6.07 Å². The number of hydrogen-bond acceptors (Lipinski definition) is 3. The lowest BCUT2D eigenvalue weighted by Crippen LogP contribution is -2.44. The summed E-state index contributed by atoms with van der Waals surface area (Å²) in [5.74, 6) is -0.594. The predicted octanol–water partition coefficient (Wildman–Crippen LogP) is 2.41. The maximum absolute atomic E-state index is 13.8. The summed E-state index contributed by atoms with van der Waals surface area (Å²) < 4.78 is 14.6. The van der Waals surface area contributed by atoms with E-state index < -0.39 is 5.82 Å². The summed E-state index contributed by atoms with van der Waals surface area (Å²) in [4.78, 5) is 16.7. The van der Waals surface area contributed by atoms with Crippen molar-refractivity contribution in [1.82, 2.24) is 9.80 Å². The number of rotatable bonds is 2. The van der Waals surface area contributed by atoms with Gasteiger partial charge in [-0.25, -0.2) is 4.39 Å². The van der Waals surface area contributed by atoms with Gasteiger partial charge in [-0.05, 0) is 51.8 Å². The molecule has 0 N–H and O–H groups in total. The SMILES string of the molecule is CN1CCCN(C)C(C(=O)c2cc(Br)ccc2F)C1. The molecule has 1 aromatic rings. The third-order valence-electron chi connectivity index (χ3n) is 3.56. The van der Waals surface area contributed by atoms with E-state index in [-0.39, 0.29) is 17.4 Å². The van der Waals surface area contributed by atoms with Crippen LogP contribution in [0.4, 0.5) is 4.39 Å². The van der Waals surface area contributed by atoms with Crippen molar-refractivity contribution >= 4 is 21.7 Å². The topological polar surface area (TPSA) is 23.6 Å². The van der Waals surface area contributed by atoms with Gasteiger partial charge in [-0.15, -0.1) is 0 Å². The lowest BCUT2D eigenvalue weighted by molar-refractivity contribution is 0.0835. The molecule has 3 nitrogen and oxygen atoms in total. The van der Waals surface area contributed by atoms with Crippen molar-refractivity contribution in [2.75, 3.05) is 33.7 Å². The molecule has 0 saturated carbocycles. The highest BCUT2D eigenvalue weighted by Gasteiger charge is 2.29. The van der Waals surface area contributed by atoms with Crippen LogP contribution in [0.25, 0.3) is 0 Å². The first-order valence-corrected chi connectivity index (χ1v) is 7.16. The van der Waals surface area contributed by atoms with Crippen molar-refractivity contribution in [2.45, 2.75) is 12.5 Å². The van der Waals surface area contributed by atoms with Crippen molar-refractivity contribution in [1.29, 1.82) is 0 Å². The Balaban J connectivity index is 2.28. The lowest BCUT2D eigenvalue weighted by atomic mass is 10.0. The van der Waals surface area contributed by atoms with E-state index in [1.807, 2.05) is 19.0 Å². The summed E-state index contributed by atoms with van der Waals surface area (Å²) >= 11 is 3.29. The Kier molecular flexibility index (Phi) is 4.71. The molecule has 2 rings (SSSR count). The molecule has 1 atom stereocenters. The number of halogens is 2. The number of Topliss-reactive ketones (excluding diaryl/α,β-unsaturated/α-hetero) is 1. The molecular weight excluding hydrogens is 311 g/mol. The normalized spacial score (nSPS) is 22.2. The molecule has 19 heavy (non-hydrogen) atoms. The van der Waals surface area contributed by atoms with E-state index in [0.717, 1.165) is 24.0 Å². The third kappa shape index (κ3) is 3.41. The van der Waals surface area contributed by atoms with Gasteiger partial charge in [0.05, 0.1) is 11.6 Å². The van der Waals surface area contributed by atoms with Crippen LogP contribution in [0.3, 0.4) is 0 Å². The van der Waals surface area contributed by atoms with Gasteiger partial charge < -0.3 is 4.90 Å². The molecule has 1 saturated heterocycles. The van der Waals surface area contributed by atoms with E-state index in [2.05, 4.69) is 20.8 Å². The quantitative estimate of drug-likeness (QED) is 0.779. The minimum Gasteiger partial charge on any atom is -0.304 e. The fourth-order valence-electron chi connectivity index (χ4n) is 2.42. The molecular formula is C14H18BrFN2O. The number of benzene rings is 1. The first-order chi connectivity index (χ1) is 8.99. The second-order valence-corrected chi connectivity index (χ2v) is 6.02. The summed E-state index contributed by atoms with van der Waals surface area (Å²) in [5, 5.41) is 0. The van der Waals surface area contributed by atoms with Crippen LogP contribution in [0.15, 0.2) is 22.7 Å². The smallest absolute Gasteiger partial charge is 0.184 e. The van der Waals surface area contributed by atoms with Crippen LogP contribution < -0.4 is 0 Å². The number of likely N-dealkylation sites (N-methyl/N-ethyl adjacent to an activating group) is 2. The first kappa shape index (κ1) is 14.6. The molecule has 0 bridgehead atoms. The average Bonchev–Trinajstić information content (AvgIpc) is 2.53. The zero-order valence-corrected chi connectivity index (χ0v) is 12.8. The summed E-state index contributed by atoms with van der Waals surface area (Å²) in [6, 6.07) is 4.22. The minimum atomic E-state index is -0.450. The predicted molar refractivity (Wildman–Crippen MR) is 77.0 cm³/mol. The lowest BCUT2D eigenvalue weighted by Gasteiger charge is -2.26. The summed E-state index contributed by atoms with van der Waals surface area (Å²) in [6.07, 6.45) is 1.03. The van der Waals surface area contributed by atoms with Crippen LogP contribution >= 0.6 is 15.9 Å². The third-order valence-corrected chi connectivity index (χ3v) is 4.06. The molecule has 104 valence electrons. The van der Waals surface area contributed by atoms with Crippen LogP contribution in [-0.4, -0.2) is 55.4 Å². The monoisotopic (exact) mass is 328 g/mol. The molecule has 1 aliphatic heterocycles. The largest absolute Gasteiger partial charge is 0.304 e.